The Hall–Kier alpha value is -0.770. The van der Waals surface area contributed by atoms with Crippen molar-refractivity contribution in [1.29, 1.82) is 5.26 Å². The largest absolute Gasteiger partial charge is 0.198 e. The highest BCUT2D eigenvalue weighted by molar-refractivity contribution is 4.91. The predicted molar refractivity (Wildman–Crippen MR) is 50.6 cm³/mol. The van der Waals surface area contributed by atoms with Crippen molar-refractivity contribution in [2.24, 2.45) is 5.92 Å². The maximum atomic E-state index is 8.30. The Morgan fingerprint density at radius 1 is 1.17 bits per heavy atom. The lowest BCUT2D eigenvalue weighted by Crippen LogP contribution is -2.04. The Morgan fingerprint density at radius 3 is 2.58 bits per heavy atom. The van der Waals surface area contributed by atoms with Crippen molar-refractivity contribution in [2.45, 2.75) is 44.9 Å². The molecule has 1 fully saturated rings. The molecule has 0 aliphatic heterocycles. The molecule has 0 aromatic rings. The molecular formula is C11H17N. The minimum Gasteiger partial charge on any atom is -0.198 e. The van der Waals surface area contributed by atoms with Crippen molar-refractivity contribution in [2.75, 3.05) is 0 Å². The second-order valence-electron chi connectivity index (χ2n) is 3.57. The average Bonchev–Trinajstić information content (AvgIpc) is 2.14. The summed E-state index contributed by atoms with van der Waals surface area (Å²) in [5.41, 5.74) is 0. The number of hydrogen-bond donors (Lipinski definition) is 0. The van der Waals surface area contributed by atoms with E-state index in [1.165, 1.54) is 38.5 Å². The molecule has 0 amide bonds. The lowest BCUT2D eigenvalue weighted by atomic mass is 9.87. The minimum atomic E-state index is 0.576. The van der Waals surface area contributed by atoms with E-state index >= 15 is 0 Å². The van der Waals surface area contributed by atoms with Gasteiger partial charge in [0.15, 0.2) is 0 Å². The van der Waals surface area contributed by atoms with Gasteiger partial charge in [0.25, 0.3) is 0 Å². The van der Waals surface area contributed by atoms with Crippen molar-refractivity contribution in [3.63, 3.8) is 0 Å². The van der Waals surface area contributed by atoms with E-state index in [0.717, 1.165) is 5.92 Å². The smallest absolute Gasteiger partial charge is 0.0663 e. The summed E-state index contributed by atoms with van der Waals surface area (Å²) in [6.45, 7) is 0. The van der Waals surface area contributed by atoms with Crippen molar-refractivity contribution >= 4 is 0 Å². The van der Waals surface area contributed by atoms with E-state index in [1.807, 2.05) is 6.08 Å². The zero-order chi connectivity index (χ0) is 8.65. The molecule has 1 saturated carbocycles. The van der Waals surface area contributed by atoms with Gasteiger partial charge in [-0.15, -0.1) is 0 Å². The van der Waals surface area contributed by atoms with E-state index in [0.29, 0.717) is 6.42 Å². The van der Waals surface area contributed by atoms with Crippen LogP contribution in [0.15, 0.2) is 12.2 Å². The molecule has 1 nitrogen and oxygen atoms in total. The molecule has 0 saturated heterocycles. The molecule has 1 aliphatic carbocycles. The van der Waals surface area contributed by atoms with E-state index in [2.05, 4.69) is 12.1 Å². The van der Waals surface area contributed by atoms with Gasteiger partial charge in [-0.3, -0.25) is 0 Å². The number of allylic oxidation sites excluding steroid dienone is 2. The fourth-order valence-electron chi connectivity index (χ4n) is 1.85. The maximum Gasteiger partial charge on any atom is 0.0663 e. The van der Waals surface area contributed by atoms with E-state index in [4.69, 9.17) is 5.26 Å². The Bertz CT molecular complexity index is 170. The zero-order valence-corrected chi connectivity index (χ0v) is 7.63. The summed E-state index contributed by atoms with van der Waals surface area (Å²) in [5, 5.41) is 8.30. The molecule has 0 aromatic heterocycles. The molecule has 1 aliphatic rings. The Morgan fingerprint density at radius 2 is 1.92 bits per heavy atom. The van der Waals surface area contributed by atoms with Crippen LogP contribution in [-0.2, 0) is 0 Å². The summed E-state index contributed by atoms with van der Waals surface area (Å²) in [6, 6.07) is 2.12. The normalized spacial score (nSPS) is 19.6. The van der Waals surface area contributed by atoms with Gasteiger partial charge in [-0.25, -0.2) is 0 Å². The first-order valence-corrected chi connectivity index (χ1v) is 4.95. The van der Waals surface area contributed by atoms with Crippen LogP contribution in [-0.4, -0.2) is 0 Å². The molecule has 12 heavy (non-hydrogen) atoms. The third kappa shape index (κ3) is 3.57. The zero-order valence-electron chi connectivity index (χ0n) is 7.63. The molecule has 0 bridgehead atoms. The van der Waals surface area contributed by atoms with Gasteiger partial charge in [-0.1, -0.05) is 44.3 Å². The molecule has 0 aromatic carbocycles. The van der Waals surface area contributed by atoms with E-state index in [1.54, 1.807) is 0 Å². The molecule has 0 radical (unpaired) electrons. The summed E-state index contributed by atoms with van der Waals surface area (Å²) >= 11 is 0. The van der Waals surface area contributed by atoms with Crippen molar-refractivity contribution in [1.82, 2.24) is 0 Å². The maximum absolute atomic E-state index is 8.30. The standard InChI is InChI=1S/C11H17N/c12-10-6-2-5-9-11-7-3-1-4-8-11/h2,5,11H,1,3-4,6-9H2. The summed E-state index contributed by atoms with van der Waals surface area (Å²) in [7, 11) is 0. The molecule has 0 N–H and O–H groups in total. The summed E-state index contributed by atoms with van der Waals surface area (Å²) in [5.74, 6) is 0.911. The topological polar surface area (TPSA) is 23.8 Å². The average molecular weight is 163 g/mol. The second-order valence-corrected chi connectivity index (χ2v) is 3.57. The van der Waals surface area contributed by atoms with Crippen LogP contribution in [0.3, 0.4) is 0 Å². The first-order chi connectivity index (χ1) is 5.93. The Kier molecular flexibility index (Phi) is 4.52. The molecule has 1 heteroatoms. The van der Waals surface area contributed by atoms with Crippen LogP contribution in [0, 0.1) is 17.2 Å². The van der Waals surface area contributed by atoms with Crippen LogP contribution in [0.5, 0.6) is 0 Å². The Balaban J connectivity index is 2.09. The Labute approximate surface area is 75.1 Å². The SMILES string of the molecule is N#CCC=CCC1CCCCC1. The predicted octanol–water partition coefficient (Wildman–Crippen LogP) is 3.43. The van der Waals surface area contributed by atoms with Crippen LogP contribution in [0.2, 0.25) is 0 Å². The number of rotatable bonds is 3. The second kappa shape index (κ2) is 5.83. The van der Waals surface area contributed by atoms with E-state index in [-0.39, 0.29) is 0 Å². The number of nitrogens with zero attached hydrogens (tertiary/aromatic N) is 1. The fourth-order valence-corrected chi connectivity index (χ4v) is 1.85. The highest BCUT2D eigenvalue weighted by atomic mass is 14.2. The lowest BCUT2D eigenvalue weighted by Gasteiger charge is -2.19. The molecule has 0 unspecified atom stereocenters. The van der Waals surface area contributed by atoms with Gasteiger partial charge in [0.2, 0.25) is 0 Å². The van der Waals surface area contributed by atoms with Gasteiger partial charge in [0, 0.05) is 0 Å². The third-order valence-corrected chi connectivity index (χ3v) is 2.57. The number of hydrogen-bond acceptors (Lipinski definition) is 1. The van der Waals surface area contributed by atoms with Gasteiger partial charge >= 0.3 is 0 Å². The summed E-state index contributed by atoms with van der Waals surface area (Å²) in [4.78, 5) is 0. The quantitative estimate of drug-likeness (QED) is 0.585. The van der Waals surface area contributed by atoms with Crippen LogP contribution in [0.1, 0.15) is 44.9 Å². The van der Waals surface area contributed by atoms with Gasteiger partial charge in [0.1, 0.15) is 0 Å². The van der Waals surface area contributed by atoms with Crippen molar-refractivity contribution in [3.8, 4) is 6.07 Å². The van der Waals surface area contributed by atoms with Crippen LogP contribution >= 0.6 is 0 Å². The number of nitriles is 1. The van der Waals surface area contributed by atoms with Crippen molar-refractivity contribution in [3.05, 3.63) is 12.2 Å². The molecule has 0 heterocycles. The molecule has 1 rings (SSSR count). The van der Waals surface area contributed by atoms with Crippen LogP contribution in [0.25, 0.3) is 0 Å². The third-order valence-electron chi connectivity index (χ3n) is 2.57. The highest BCUT2D eigenvalue weighted by Gasteiger charge is 2.10. The van der Waals surface area contributed by atoms with Gasteiger partial charge in [-0.2, -0.15) is 5.26 Å². The van der Waals surface area contributed by atoms with Gasteiger partial charge in [-0.05, 0) is 12.3 Å². The lowest BCUT2D eigenvalue weighted by molar-refractivity contribution is 0.361. The highest BCUT2D eigenvalue weighted by Crippen LogP contribution is 2.26. The molecular weight excluding hydrogens is 146 g/mol. The first kappa shape index (κ1) is 9.32. The fraction of sp³-hybridized carbons (Fsp3) is 0.727. The monoisotopic (exact) mass is 163 g/mol. The van der Waals surface area contributed by atoms with Crippen LogP contribution in [0.4, 0.5) is 0 Å². The van der Waals surface area contributed by atoms with Crippen molar-refractivity contribution < 1.29 is 0 Å². The summed E-state index contributed by atoms with van der Waals surface area (Å²) in [6.07, 6.45) is 13.0. The van der Waals surface area contributed by atoms with Crippen LogP contribution < -0.4 is 0 Å². The van der Waals surface area contributed by atoms with Gasteiger partial charge < -0.3 is 0 Å². The molecule has 0 atom stereocenters. The minimum absolute atomic E-state index is 0.576. The summed E-state index contributed by atoms with van der Waals surface area (Å²) < 4.78 is 0. The van der Waals surface area contributed by atoms with E-state index in [9.17, 15) is 0 Å². The molecule has 66 valence electrons. The first-order valence-electron chi connectivity index (χ1n) is 4.95. The van der Waals surface area contributed by atoms with Gasteiger partial charge in [0.05, 0.1) is 12.5 Å². The van der Waals surface area contributed by atoms with E-state index < -0.39 is 0 Å². The molecule has 0 spiro atoms.